The van der Waals surface area contributed by atoms with E-state index >= 15 is 0 Å². The molecule has 0 aromatic carbocycles. The third kappa shape index (κ3) is 2.59. The Hall–Kier alpha value is -0.100. The number of hydrogen-bond acceptors (Lipinski definition) is 2. The number of halogens is 1. The summed E-state index contributed by atoms with van der Waals surface area (Å²) in [5.74, 6) is 0.0825. The van der Waals surface area contributed by atoms with Crippen LogP contribution in [0.5, 0.6) is 0 Å². The number of nitrogens with one attached hydrogen (secondary N) is 1. The molecule has 1 saturated carbocycles. The second-order valence-electron chi connectivity index (χ2n) is 5.05. The summed E-state index contributed by atoms with van der Waals surface area (Å²) in [5, 5.41) is 5.09. The van der Waals surface area contributed by atoms with Crippen LogP contribution in [0.15, 0.2) is 11.4 Å². The Morgan fingerprint density at radius 3 is 2.88 bits per heavy atom. The summed E-state index contributed by atoms with van der Waals surface area (Å²) in [6, 6.07) is 2.28. The molecule has 0 spiro atoms. The minimum Gasteiger partial charge on any atom is -0.349 e. The van der Waals surface area contributed by atoms with E-state index in [9.17, 15) is 4.79 Å². The van der Waals surface area contributed by atoms with E-state index < -0.39 is 0 Å². The average molecular weight is 349 g/mol. The summed E-state index contributed by atoms with van der Waals surface area (Å²) < 4.78 is 1.16. The van der Waals surface area contributed by atoms with Crippen LogP contribution in [0, 0.1) is 8.30 Å². The molecule has 1 fully saturated rings. The summed E-state index contributed by atoms with van der Waals surface area (Å²) in [5.41, 5.74) is 1.05. The van der Waals surface area contributed by atoms with Crippen LogP contribution in [0.25, 0.3) is 0 Å². The van der Waals surface area contributed by atoms with Gasteiger partial charge in [-0.05, 0) is 46.9 Å². The van der Waals surface area contributed by atoms with E-state index in [0.717, 1.165) is 14.9 Å². The Bertz CT molecular complexity index is 399. The van der Waals surface area contributed by atoms with Crippen LogP contribution < -0.4 is 5.32 Å². The highest BCUT2D eigenvalue weighted by molar-refractivity contribution is 14.1. The topological polar surface area (TPSA) is 29.1 Å². The van der Waals surface area contributed by atoms with Gasteiger partial charge in [-0.3, -0.25) is 4.79 Å². The maximum atomic E-state index is 12.0. The highest BCUT2D eigenvalue weighted by atomic mass is 127. The third-order valence-corrected chi connectivity index (χ3v) is 5.18. The molecule has 2 rings (SSSR count). The number of amides is 1. The van der Waals surface area contributed by atoms with Gasteiger partial charge in [0, 0.05) is 11.4 Å². The summed E-state index contributed by atoms with van der Waals surface area (Å²) in [7, 11) is 0. The molecule has 1 aliphatic carbocycles. The second-order valence-corrected chi connectivity index (χ2v) is 7.85. The molecule has 0 radical (unpaired) electrons. The molecule has 1 aromatic rings. The first-order valence-corrected chi connectivity index (χ1v) is 7.50. The highest BCUT2D eigenvalue weighted by Crippen LogP contribution is 2.37. The van der Waals surface area contributed by atoms with Gasteiger partial charge in [0.05, 0.1) is 8.45 Å². The van der Waals surface area contributed by atoms with E-state index in [1.807, 2.05) is 11.4 Å². The van der Waals surface area contributed by atoms with E-state index in [-0.39, 0.29) is 11.3 Å². The molecule has 1 amide bonds. The fourth-order valence-electron chi connectivity index (χ4n) is 2.27. The zero-order valence-corrected chi connectivity index (χ0v) is 12.5. The lowest BCUT2D eigenvalue weighted by molar-refractivity contribution is 0.0910. The SMILES string of the molecule is CC1(C)CCCC1NC(=O)c1csc(I)c1. The van der Waals surface area contributed by atoms with Crippen molar-refractivity contribution in [3.8, 4) is 0 Å². The highest BCUT2D eigenvalue weighted by Gasteiger charge is 2.35. The second kappa shape index (κ2) is 4.64. The van der Waals surface area contributed by atoms with Gasteiger partial charge in [0.25, 0.3) is 5.91 Å². The monoisotopic (exact) mass is 349 g/mol. The van der Waals surface area contributed by atoms with Crippen molar-refractivity contribution >= 4 is 39.8 Å². The number of carbonyl (C=O) groups excluding carboxylic acids is 1. The third-order valence-electron chi connectivity index (χ3n) is 3.39. The maximum absolute atomic E-state index is 12.0. The first-order chi connectivity index (χ1) is 7.49. The van der Waals surface area contributed by atoms with Gasteiger partial charge in [-0.2, -0.15) is 0 Å². The molecule has 1 unspecified atom stereocenters. The number of thiophene rings is 1. The molecule has 1 aliphatic rings. The minimum atomic E-state index is 0.0825. The molecule has 16 heavy (non-hydrogen) atoms. The van der Waals surface area contributed by atoms with Gasteiger partial charge < -0.3 is 5.32 Å². The standard InChI is InChI=1S/C12H16INOS/c1-12(2)5-3-4-9(12)14-11(15)8-6-10(13)16-7-8/h6-7,9H,3-5H2,1-2H3,(H,14,15). The van der Waals surface area contributed by atoms with Gasteiger partial charge in [-0.15, -0.1) is 11.3 Å². The molecule has 2 nitrogen and oxygen atoms in total. The average Bonchev–Trinajstić information content (AvgIpc) is 2.74. The molecular weight excluding hydrogens is 333 g/mol. The van der Waals surface area contributed by atoms with Crippen molar-refractivity contribution in [2.45, 2.75) is 39.2 Å². The Balaban J connectivity index is 2.03. The molecule has 0 aliphatic heterocycles. The lowest BCUT2D eigenvalue weighted by Gasteiger charge is -2.27. The molecule has 1 aromatic heterocycles. The number of hydrogen-bond donors (Lipinski definition) is 1. The summed E-state index contributed by atoms with van der Waals surface area (Å²) >= 11 is 3.86. The van der Waals surface area contributed by atoms with Gasteiger partial charge >= 0.3 is 0 Å². The van der Waals surface area contributed by atoms with Crippen molar-refractivity contribution in [1.82, 2.24) is 5.32 Å². The zero-order chi connectivity index (χ0) is 11.8. The van der Waals surface area contributed by atoms with Gasteiger partial charge in [0.15, 0.2) is 0 Å². The molecule has 1 heterocycles. The molecule has 0 bridgehead atoms. The van der Waals surface area contributed by atoms with E-state index in [1.165, 1.54) is 12.8 Å². The molecule has 1 N–H and O–H groups in total. The minimum absolute atomic E-state index is 0.0825. The molecule has 1 atom stereocenters. The van der Waals surface area contributed by atoms with Crippen LogP contribution in [0.1, 0.15) is 43.5 Å². The smallest absolute Gasteiger partial charge is 0.252 e. The zero-order valence-electron chi connectivity index (χ0n) is 9.55. The lowest BCUT2D eigenvalue weighted by Crippen LogP contribution is -2.41. The van der Waals surface area contributed by atoms with Crippen molar-refractivity contribution in [1.29, 1.82) is 0 Å². The number of carbonyl (C=O) groups is 1. The summed E-state index contributed by atoms with van der Waals surface area (Å²) in [6.07, 6.45) is 3.54. The first kappa shape index (κ1) is 12.4. The lowest BCUT2D eigenvalue weighted by atomic mass is 9.87. The molecule has 0 saturated heterocycles. The van der Waals surface area contributed by atoms with Gasteiger partial charge in [0.2, 0.25) is 0 Å². The molecule has 88 valence electrons. The molecular formula is C12H16INOS. The normalized spacial score (nSPS) is 23.3. The van der Waals surface area contributed by atoms with Crippen LogP contribution in [-0.4, -0.2) is 11.9 Å². The number of rotatable bonds is 2. The maximum Gasteiger partial charge on any atom is 0.252 e. The van der Waals surface area contributed by atoms with E-state index in [2.05, 4.69) is 41.8 Å². The van der Waals surface area contributed by atoms with Crippen LogP contribution in [0.4, 0.5) is 0 Å². The van der Waals surface area contributed by atoms with E-state index in [1.54, 1.807) is 11.3 Å². The van der Waals surface area contributed by atoms with Crippen molar-refractivity contribution in [2.75, 3.05) is 0 Å². The van der Waals surface area contributed by atoms with Crippen LogP contribution >= 0.6 is 33.9 Å². The van der Waals surface area contributed by atoms with Crippen LogP contribution in [-0.2, 0) is 0 Å². The van der Waals surface area contributed by atoms with Gasteiger partial charge in [-0.25, -0.2) is 0 Å². The van der Waals surface area contributed by atoms with E-state index in [4.69, 9.17) is 0 Å². The molecule has 4 heteroatoms. The Morgan fingerprint density at radius 2 is 2.38 bits per heavy atom. The van der Waals surface area contributed by atoms with Crippen molar-refractivity contribution in [2.24, 2.45) is 5.41 Å². The predicted octanol–water partition coefficient (Wildman–Crippen LogP) is 3.66. The quantitative estimate of drug-likeness (QED) is 0.812. The van der Waals surface area contributed by atoms with Crippen molar-refractivity contribution < 1.29 is 4.79 Å². The Labute approximate surface area is 114 Å². The van der Waals surface area contributed by atoms with Gasteiger partial charge in [0.1, 0.15) is 0 Å². The summed E-state index contributed by atoms with van der Waals surface area (Å²) in [6.45, 7) is 4.48. The van der Waals surface area contributed by atoms with Gasteiger partial charge in [-0.1, -0.05) is 20.3 Å². The van der Waals surface area contributed by atoms with Crippen LogP contribution in [0.3, 0.4) is 0 Å². The van der Waals surface area contributed by atoms with E-state index in [0.29, 0.717) is 6.04 Å². The fourth-order valence-corrected chi connectivity index (χ4v) is 3.59. The largest absolute Gasteiger partial charge is 0.349 e. The Morgan fingerprint density at radius 1 is 1.62 bits per heavy atom. The fraction of sp³-hybridized carbons (Fsp3) is 0.583. The van der Waals surface area contributed by atoms with Crippen molar-refractivity contribution in [3.63, 3.8) is 0 Å². The summed E-state index contributed by atoms with van der Waals surface area (Å²) in [4.78, 5) is 12.0. The Kier molecular flexibility index (Phi) is 3.59. The van der Waals surface area contributed by atoms with Crippen molar-refractivity contribution in [3.05, 3.63) is 19.9 Å². The van der Waals surface area contributed by atoms with Crippen LogP contribution in [0.2, 0.25) is 0 Å². The predicted molar refractivity (Wildman–Crippen MR) is 75.9 cm³/mol. The first-order valence-electron chi connectivity index (χ1n) is 5.54.